The number of hydrogen-bond donors (Lipinski definition) is 0. The van der Waals surface area contributed by atoms with Gasteiger partial charge < -0.3 is 0 Å². The van der Waals surface area contributed by atoms with Crippen molar-refractivity contribution >= 4 is 10.8 Å². The van der Waals surface area contributed by atoms with Crippen LogP contribution in [0.4, 0.5) is 0 Å². The van der Waals surface area contributed by atoms with E-state index in [0.717, 1.165) is 0 Å². The molecule has 0 saturated carbocycles. The van der Waals surface area contributed by atoms with Gasteiger partial charge in [-0.25, -0.2) is 0 Å². The Labute approximate surface area is 88.5 Å². The summed E-state index contributed by atoms with van der Waals surface area (Å²) in [7, 11) is 0. The normalized spacial score (nSPS) is 13.1. The Morgan fingerprint density at radius 1 is 0.733 bits per heavy atom. The van der Waals surface area contributed by atoms with E-state index in [4.69, 9.17) is 0 Å². The molecule has 0 atom stereocenters. The van der Waals surface area contributed by atoms with Crippen LogP contribution < -0.4 is 0 Å². The lowest BCUT2D eigenvalue weighted by atomic mass is 10.1. The second-order valence-corrected chi connectivity index (χ2v) is 4.26. The Bertz CT molecular complexity index is 650. The molecule has 0 bridgehead atoms. The van der Waals surface area contributed by atoms with Crippen LogP contribution in [0, 0.1) is 0 Å². The third-order valence-corrected chi connectivity index (χ3v) is 3.37. The van der Waals surface area contributed by atoms with Gasteiger partial charge in [-0.15, -0.1) is 0 Å². The van der Waals surface area contributed by atoms with Crippen molar-refractivity contribution < 1.29 is 0 Å². The van der Waals surface area contributed by atoms with Crippen LogP contribution >= 0.6 is 0 Å². The fourth-order valence-corrected chi connectivity index (χ4v) is 2.51. The largest absolute Gasteiger partial charge is 0.0610 e. The van der Waals surface area contributed by atoms with E-state index in [1.807, 2.05) is 0 Å². The Morgan fingerprint density at radius 3 is 2.53 bits per heavy atom. The summed E-state index contributed by atoms with van der Waals surface area (Å²) in [6.45, 7) is 0. The maximum absolute atomic E-state index is 2.27. The second-order valence-electron chi connectivity index (χ2n) is 4.26. The Hall–Kier alpha value is -1.82. The zero-order valence-electron chi connectivity index (χ0n) is 8.33. The topological polar surface area (TPSA) is 0 Å². The molecular formula is C15H10. The SMILES string of the molecule is c1cc2cccc3c4c(ccc3c-2c1)C4. The van der Waals surface area contributed by atoms with E-state index in [0.29, 0.717) is 0 Å². The summed E-state index contributed by atoms with van der Waals surface area (Å²) in [6, 6.07) is 17.7. The van der Waals surface area contributed by atoms with Gasteiger partial charge in [0.15, 0.2) is 0 Å². The summed E-state index contributed by atoms with van der Waals surface area (Å²) in [4.78, 5) is 0. The zero-order chi connectivity index (χ0) is 9.83. The maximum Gasteiger partial charge on any atom is -0.00137 e. The summed E-state index contributed by atoms with van der Waals surface area (Å²) in [5.41, 5.74) is 5.79. The Kier molecular flexibility index (Phi) is 1.20. The van der Waals surface area contributed by atoms with Gasteiger partial charge in [0.2, 0.25) is 0 Å². The lowest BCUT2D eigenvalue weighted by Crippen LogP contribution is -1.70. The van der Waals surface area contributed by atoms with Crippen LogP contribution in [0.25, 0.3) is 21.9 Å². The molecule has 4 rings (SSSR count). The van der Waals surface area contributed by atoms with Crippen LogP contribution in [-0.4, -0.2) is 0 Å². The summed E-state index contributed by atoms with van der Waals surface area (Å²) in [6.07, 6.45) is 1.19. The van der Waals surface area contributed by atoms with Crippen LogP contribution in [0.15, 0.2) is 48.5 Å². The van der Waals surface area contributed by atoms with Gasteiger partial charge in [0, 0.05) is 0 Å². The first kappa shape index (κ1) is 7.47. The van der Waals surface area contributed by atoms with E-state index >= 15 is 0 Å². The van der Waals surface area contributed by atoms with E-state index < -0.39 is 0 Å². The van der Waals surface area contributed by atoms with Gasteiger partial charge in [0.05, 0.1) is 0 Å². The molecule has 0 unspecified atom stereocenters. The molecule has 0 heteroatoms. The number of rotatable bonds is 0. The van der Waals surface area contributed by atoms with Crippen molar-refractivity contribution in [3.63, 3.8) is 0 Å². The Balaban J connectivity index is 2.29. The van der Waals surface area contributed by atoms with Crippen LogP contribution in [0.1, 0.15) is 11.1 Å². The first-order valence-electron chi connectivity index (χ1n) is 5.36. The molecule has 70 valence electrons. The van der Waals surface area contributed by atoms with Gasteiger partial charge in [0.1, 0.15) is 0 Å². The van der Waals surface area contributed by atoms with Crippen LogP contribution in [0.2, 0.25) is 0 Å². The number of fused-ring (bicyclic) bond motifs is 5. The molecule has 0 amide bonds. The smallest absolute Gasteiger partial charge is 0.00137 e. The predicted molar refractivity (Wildman–Crippen MR) is 63.4 cm³/mol. The molecule has 3 aliphatic carbocycles. The standard InChI is InChI=1S/C15H10/c1-3-10-4-2-6-13-14(12(10)5-1)8-7-11-9-15(11)13/h1-8H,9H2. The summed E-state index contributed by atoms with van der Waals surface area (Å²) in [5, 5.41) is 2.84. The van der Waals surface area contributed by atoms with Gasteiger partial charge in [-0.05, 0) is 39.4 Å². The van der Waals surface area contributed by atoms with Gasteiger partial charge in [0.25, 0.3) is 0 Å². The highest BCUT2D eigenvalue weighted by molar-refractivity contribution is 6.01. The fourth-order valence-electron chi connectivity index (χ4n) is 2.51. The highest BCUT2D eigenvalue weighted by Crippen LogP contribution is 2.39. The van der Waals surface area contributed by atoms with Crippen LogP contribution in [0.5, 0.6) is 0 Å². The average Bonchev–Trinajstić information content (AvgIpc) is 2.94. The molecule has 0 N–H and O–H groups in total. The molecule has 3 aliphatic rings. The molecule has 0 heterocycles. The van der Waals surface area contributed by atoms with Gasteiger partial charge in [-0.1, -0.05) is 48.5 Å². The van der Waals surface area contributed by atoms with E-state index in [1.54, 1.807) is 5.56 Å². The van der Waals surface area contributed by atoms with Crippen LogP contribution in [0.3, 0.4) is 0 Å². The van der Waals surface area contributed by atoms with Crippen molar-refractivity contribution in [1.29, 1.82) is 0 Å². The van der Waals surface area contributed by atoms with Crippen molar-refractivity contribution in [2.24, 2.45) is 0 Å². The highest BCUT2D eigenvalue weighted by atomic mass is 14.2. The highest BCUT2D eigenvalue weighted by Gasteiger charge is 2.20. The monoisotopic (exact) mass is 190 g/mol. The molecule has 0 radical (unpaired) electrons. The lowest BCUT2D eigenvalue weighted by Gasteiger charge is -1.96. The van der Waals surface area contributed by atoms with Gasteiger partial charge in [-0.3, -0.25) is 0 Å². The molecule has 0 fully saturated rings. The molecule has 0 nitrogen and oxygen atoms in total. The maximum atomic E-state index is 2.27. The number of hydrogen-bond acceptors (Lipinski definition) is 0. The zero-order valence-corrected chi connectivity index (χ0v) is 8.33. The quantitative estimate of drug-likeness (QED) is 0.395. The van der Waals surface area contributed by atoms with Gasteiger partial charge in [-0.2, -0.15) is 0 Å². The minimum absolute atomic E-state index is 1.19. The third-order valence-electron chi connectivity index (χ3n) is 3.37. The molecule has 1 aromatic rings. The van der Waals surface area contributed by atoms with Crippen molar-refractivity contribution in [3.05, 3.63) is 59.7 Å². The van der Waals surface area contributed by atoms with Crippen molar-refractivity contribution in [1.82, 2.24) is 0 Å². The fraction of sp³-hybridized carbons (Fsp3) is 0.0667. The minimum atomic E-state index is 1.19. The molecule has 0 aliphatic heterocycles. The molecule has 1 aromatic carbocycles. The van der Waals surface area contributed by atoms with E-state index in [1.165, 1.54) is 33.9 Å². The van der Waals surface area contributed by atoms with E-state index in [2.05, 4.69) is 48.5 Å². The molecular weight excluding hydrogens is 180 g/mol. The first-order valence-corrected chi connectivity index (χ1v) is 5.36. The molecule has 15 heavy (non-hydrogen) atoms. The molecule has 0 saturated heterocycles. The summed E-state index contributed by atoms with van der Waals surface area (Å²) >= 11 is 0. The predicted octanol–water partition coefficient (Wildman–Crippen LogP) is 3.85. The summed E-state index contributed by atoms with van der Waals surface area (Å²) in [5.74, 6) is 0. The first-order chi connectivity index (χ1) is 7.43. The van der Waals surface area contributed by atoms with Gasteiger partial charge >= 0.3 is 0 Å². The summed E-state index contributed by atoms with van der Waals surface area (Å²) < 4.78 is 0. The average molecular weight is 190 g/mol. The second kappa shape index (κ2) is 2.40. The number of benzene rings is 1. The van der Waals surface area contributed by atoms with E-state index in [9.17, 15) is 0 Å². The van der Waals surface area contributed by atoms with Crippen molar-refractivity contribution in [3.8, 4) is 11.1 Å². The van der Waals surface area contributed by atoms with Crippen molar-refractivity contribution in [2.75, 3.05) is 0 Å². The minimum Gasteiger partial charge on any atom is -0.0610 e. The lowest BCUT2D eigenvalue weighted by molar-refractivity contribution is 1.62. The molecule has 0 aromatic heterocycles. The molecule has 0 spiro atoms. The van der Waals surface area contributed by atoms with Crippen LogP contribution in [-0.2, 0) is 6.42 Å². The third kappa shape index (κ3) is 0.913. The van der Waals surface area contributed by atoms with Crippen molar-refractivity contribution in [2.45, 2.75) is 6.42 Å². The van der Waals surface area contributed by atoms with E-state index in [-0.39, 0.29) is 0 Å². The Morgan fingerprint density at radius 2 is 1.60 bits per heavy atom.